The van der Waals surface area contributed by atoms with Crippen molar-refractivity contribution in [1.82, 2.24) is 9.97 Å². The standard InChI is InChI=1S/C12H22N4O2/c1-5-18-11-6-9(2)14-12(15-11)16(3)7-10(13)8-17-4/h6,10H,5,7-8,13H2,1-4H3. The van der Waals surface area contributed by atoms with Crippen LogP contribution >= 0.6 is 0 Å². The summed E-state index contributed by atoms with van der Waals surface area (Å²) in [4.78, 5) is 10.6. The minimum atomic E-state index is -0.0698. The summed E-state index contributed by atoms with van der Waals surface area (Å²) >= 11 is 0. The van der Waals surface area contributed by atoms with Crippen molar-refractivity contribution in [1.29, 1.82) is 0 Å². The lowest BCUT2D eigenvalue weighted by Crippen LogP contribution is -2.39. The Morgan fingerprint density at radius 3 is 2.78 bits per heavy atom. The van der Waals surface area contributed by atoms with Crippen molar-refractivity contribution in [3.05, 3.63) is 11.8 Å². The molecule has 18 heavy (non-hydrogen) atoms. The third kappa shape index (κ3) is 4.46. The van der Waals surface area contributed by atoms with Gasteiger partial charge in [-0.3, -0.25) is 0 Å². The van der Waals surface area contributed by atoms with Gasteiger partial charge in [0.1, 0.15) is 0 Å². The molecule has 0 saturated heterocycles. The lowest BCUT2D eigenvalue weighted by atomic mass is 10.3. The van der Waals surface area contributed by atoms with Gasteiger partial charge in [0.05, 0.1) is 13.2 Å². The van der Waals surface area contributed by atoms with Crippen LogP contribution in [0.3, 0.4) is 0 Å². The van der Waals surface area contributed by atoms with E-state index in [0.717, 1.165) is 5.69 Å². The Kier molecular flexibility index (Phi) is 5.80. The average molecular weight is 254 g/mol. The number of rotatable bonds is 7. The van der Waals surface area contributed by atoms with E-state index >= 15 is 0 Å². The van der Waals surface area contributed by atoms with Gasteiger partial charge in [-0.15, -0.1) is 0 Å². The number of ether oxygens (including phenoxy) is 2. The molecule has 0 saturated carbocycles. The van der Waals surface area contributed by atoms with E-state index in [2.05, 4.69) is 9.97 Å². The number of methoxy groups -OCH3 is 1. The zero-order valence-electron chi connectivity index (χ0n) is 11.5. The van der Waals surface area contributed by atoms with Gasteiger partial charge in [-0.05, 0) is 13.8 Å². The van der Waals surface area contributed by atoms with E-state index in [9.17, 15) is 0 Å². The van der Waals surface area contributed by atoms with Gasteiger partial charge < -0.3 is 20.1 Å². The second-order valence-electron chi connectivity index (χ2n) is 4.18. The number of hydrogen-bond acceptors (Lipinski definition) is 6. The summed E-state index contributed by atoms with van der Waals surface area (Å²) in [6, 6.07) is 1.75. The number of anilines is 1. The van der Waals surface area contributed by atoms with Crippen molar-refractivity contribution >= 4 is 5.95 Å². The summed E-state index contributed by atoms with van der Waals surface area (Å²) < 4.78 is 10.4. The molecule has 1 atom stereocenters. The Morgan fingerprint density at radius 2 is 2.17 bits per heavy atom. The Balaban J connectivity index is 2.74. The van der Waals surface area contributed by atoms with Crippen LogP contribution in [-0.4, -0.2) is 49.9 Å². The number of likely N-dealkylation sites (N-methyl/N-ethyl adjacent to an activating group) is 1. The largest absolute Gasteiger partial charge is 0.478 e. The van der Waals surface area contributed by atoms with E-state index in [1.54, 1.807) is 7.11 Å². The van der Waals surface area contributed by atoms with Gasteiger partial charge in [-0.2, -0.15) is 4.98 Å². The Labute approximate surface area is 108 Å². The van der Waals surface area contributed by atoms with E-state index in [-0.39, 0.29) is 6.04 Å². The molecular formula is C12H22N4O2. The quantitative estimate of drug-likeness (QED) is 0.768. The van der Waals surface area contributed by atoms with Crippen molar-refractivity contribution in [2.24, 2.45) is 5.73 Å². The number of hydrogen-bond donors (Lipinski definition) is 1. The molecule has 0 aromatic carbocycles. The first-order valence-electron chi connectivity index (χ1n) is 6.01. The molecule has 0 fully saturated rings. The maximum Gasteiger partial charge on any atom is 0.228 e. The van der Waals surface area contributed by atoms with Crippen molar-refractivity contribution in [3.8, 4) is 5.88 Å². The van der Waals surface area contributed by atoms with Crippen molar-refractivity contribution < 1.29 is 9.47 Å². The van der Waals surface area contributed by atoms with Crippen LogP contribution in [0.1, 0.15) is 12.6 Å². The molecule has 6 nitrogen and oxygen atoms in total. The third-order valence-corrected chi connectivity index (χ3v) is 2.34. The van der Waals surface area contributed by atoms with Crippen LogP contribution in [0.5, 0.6) is 5.88 Å². The summed E-state index contributed by atoms with van der Waals surface area (Å²) in [6.45, 7) is 5.56. The Bertz CT molecular complexity index is 373. The van der Waals surface area contributed by atoms with Gasteiger partial charge in [0, 0.05) is 38.5 Å². The fraction of sp³-hybridized carbons (Fsp3) is 0.667. The molecule has 0 bridgehead atoms. The van der Waals surface area contributed by atoms with Gasteiger partial charge in [0.2, 0.25) is 11.8 Å². The SMILES string of the molecule is CCOc1cc(C)nc(N(C)CC(N)COC)n1. The minimum absolute atomic E-state index is 0.0698. The second-order valence-corrected chi connectivity index (χ2v) is 4.18. The molecule has 0 radical (unpaired) electrons. The molecule has 6 heteroatoms. The van der Waals surface area contributed by atoms with Crippen LogP contribution in [0.2, 0.25) is 0 Å². The first kappa shape index (κ1) is 14.7. The molecule has 1 aromatic rings. The number of aromatic nitrogens is 2. The third-order valence-electron chi connectivity index (χ3n) is 2.34. The molecule has 0 aliphatic rings. The molecule has 1 unspecified atom stereocenters. The molecule has 1 aromatic heterocycles. The molecule has 2 N–H and O–H groups in total. The van der Waals surface area contributed by atoms with Crippen LogP contribution in [-0.2, 0) is 4.74 Å². The minimum Gasteiger partial charge on any atom is -0.478 e. The highest BCUT2D eigenvalue weighted by Gasteiger charge is 2.11. The lowest BCUT2D eigenvalue weighted by Gasteiger charge is -2.21. The zero-order chi connectivity index (χ0) is 13.5. The molecular weight excluding hydrogens is 232 g/mol. The maximum absolute atomic E-state index is 5.90. The number of aryl methyl sites for hydroxylation is 1. The number of nitrogens with two attached hydrogens (primary N) is 1. The van der Waals surface area contributed by atoms with Crippen LogP contribution in [0.15, 0.2) is 6.07 Å². The molecule has 1 heterocycles. The van der Waals surface area contributed by atoms with Gasteiger partial charge >= 0.3 is 0 Å². The molecule has 0 aliphatic carbocycles. The van der Waals surface area contributed by atoms with Crippen LogP contribution in [0.25, 0.3) is 0 Å². The van der Waals surface area contributed by atoms with E-state index in [1.165, 1.54) is 0 Å². The second kappa shape index (κ2) is 7.13. The first-order valence-corrected chi connectivity index (χ1v) is 6.01. The summed E-state index contributed by atoms with van der Waals surface area (Å²) in [5, 5.41) is 0. The van der Waals surface area contributed by atoms with Crippen molar-refractivity contribution in [3.63, 3.8) is 0 Å². The summed E-state index contributed by atoms with van der Waals surface area (Å²) in [7, 11) is 3.54. The molecule has 0 amide bonds. The molecule has 102 valence electrons. The van der Waals surface area contributed by atoms with E-state index in [1.807, 2.05) is 31.9 Å². The predicted molar refractivity (Wildman–Crippen MR) is 71.1 cm³/mol. The fourth-order valence-electron chi connectivity index (χ4n) is 1.62. The van der Waals surface area contributed by atoms with E-state index in [0.29, 0.717) is 31.6 Å². The summed E-state index contributed by atoms with van der Waals surface area (Å²) in [5.74, 6) is 1.21. The Hall–Kier alpha value is -1.40. The highest BCUT2D eigenvalue weighted by atomic mass is 16.5. The first-order chi connectivity index (χ1) is 8.56. The summed E-state index contributed by atoms with van der Waals surface area (Å²) in [5.41, 5.74) is 6.77. The molecule has 0 spiro atoms. The van der Waals surface area contributed by atoms with Gasteiger partial charge in [-0.25, -0.2) is 4.98 Å². The van der Waals surface area contributed by atoms with Gasteiger partial charge in [0.25, 0.3) is 0 Å². The Morgan fingerprint density at radius 1 is 1.44 bits per heavy atom. The predicted octanol–water partition coefficient (Wildman–Crippen LogP) is 0.594. The summed E-state index contributed by atoms with van der Waals surface area (Å²) in [6.07, 6.45) is 0. The topological polar surface area (TPSA) is 73.5 Å². The number of nitrogens with zero attached hydrogens (tertiary/aromatic N) is 3. The van der Waals surface area contributed by atoms with E-state index in [4.69, 9.17) is 15.2 Å². The monoisotopic (exact) mass is 254 g/mol. The normalized spacial score (nSPS) is 12.3. The smallest absolute Gasteiger partial charge is 0.228 e. The van der Waals surface area contributed by atoms with Gasteiger partial charge in [-0.1, -0.05) is 0 Å². The molecule has 1 rings (SSSR count). The lowest BCUT2D eigenvalue weighted by molar-refractivity contribution is 0.181. The van der Waals surface area contributed by atoms with Crippen LogP contribution in [0, 0.1) is 6.92 Å². The van der Waals surface area contributed by atoms with Crippen molar-refractivity contribution in [2.45, 2.75) is 19.9 Å². The maximum atomic E-state index is 5.90. The van der Waals surface area contributed by atoms with Crippen LogP contribution in [0.4, 0.5) is 5.95 Å². The zero-order valence-corrected chi connectivity index (χ0v) is 11.5. The van der Waals surface area contributed by atoms with Crippen molar-refractivity contribution in [2.75, 3.05) is 38.8 Å². The molecule has 0 aliphatic heterocycles. The highest BCUT2D eigenvalue weighted by molar-refractivity contribution is 5.33. The average Bonchev–Trinajstić information content (AvgIpc) is 2.28. The fourth-order valence-corrected chi connectivity index (χ4v) is 1.62. The van der Waals surface area contributed by atoms with E-state index < -0.39 is 0 Å². The highest BCUT2D eigenvalue weighted by Crippen LogP contribution is 2.14. The van der Waals surface area contributed by atoms with Crippen LogP contribution < -0.4 is 15.4 Å². The van der Waals surface area contributed by atoms with Gasteiger partial charge in [0.15, 0.2) is 0 Å².